The van der Waals surface area contributed by atoms with Crippen molar-refractivity contribution in [3.8, 4) is 0 Å². The number of nitrogens with zero attached hydrogens (tertiary/aromatic N) is 4. The molecule has 7 heteroatoms. The third-order valence-electron chi connectivity index (χ3n) is 3.09. The van der Waals surface area contributed by atoms with Crippen molar-refractivity contribution in [2.75, 3.05) is 23.8 Å². The Morgan fingerprint density at radius 2 is 2.09 bits per heavy atom. The Labute approximate surface area is 132 Å². The lowest BCUT2D eigenvalue weighted by Gasteiger charge is -2.09. The number of aliphatic hydroxyl groups is 1. The minimum Gasteiger partial charge on any atom is -0.395 e. The third kappa shape index (κ3) is 2.99. The van der Waals surface area contributed by atoms with E-state index in [1.807, 2.05) is 30.3 Å². The summed E-state index contributed by atoms with van der Waals surface area (Å²) in [4.78, 5) is 12.7. The lowest BCUT2D eigenvalue weighted by atomic mass is 10.2. The molecule has 0 spiro atoms. The highest BCUT2D eigenvalue weighted by Gasteiger charge is 2.11. The van der Waals surface area contributed by atoms with Crippen LogP contribution >= 0.6 is 0 Å². The van der Waals surface area contributed by atoms with Gasteiger partial charge in [0.05, 0.1) is 12.9 Å². The molecular formula is C15H18N6O. The van der Waals surface area contributed by atoms with E-state index in [-0.39, 0.29) is 24.7 Å². The van der Waals surface area contributed by atoms with Gasteiger partial charge in [-0.1, -0.05) is 30.3 Å². The minimum atomic E-state index is -2.39. The number of aryl methyl sites for hydroxylation is 1. The van der Waals surface area contributed by atoms with E-state index in [2.05, 4.69) is 25.6 Å². The number of fused-ring (bicyclic) bond motifs is 1. The Hall–Kier alpha value is -2.67. The minimum absolute atomic E-state index is 0.0906. The third-order valence-corrected chi connectivity index (χ3v) is 3.09. The van der Waals surface area contributed by atoms with Crippen molar-refractivity contribution in [2.45, 2.75) is 6.54 Å². The van der Waals surface area contributed by atoms with Crippen LogP contribution in [0.4, 0.5) is 11.8 Å². The molecule has 0 bridgehead atoms. The molecule has 0 atom stereocenters. The molecule has 3 aromatic rings. The lowest BCUT2D eigenvalue weighted by Crippen LogP contribution is -2.11. The molecule has 0 amide bonds. The maximum Gasteiger partial charge on any atom is 0.226 e. The fourth-order valence-corrected chi connectivity index (χ4v) is 2.05. The number of aromatic nitrogens is 4. The van der Waals surface area contributed by atoms with Crippen LogP contribution in [0.15, 0.2) is 36.7 Å². The highest BCUT2D eigenvalue weighted by Crippen LogP contribution is 2.20. The summed E-state index contributed by atoms with van der Waals surface area (Å²) in [5.74, 6) is 0.653. The second kappa shape index (κ2) is 6.40. The van der Waals surface area contributed by atoms with E-state index in [1.165, 1.54) is 6.33 Å². The second-order valence-electron chi connectivity index (χ2n) is 4.67. The highest BCUT2D eigenvalue weighted by atomic mass is 16.3. The number of aliphatic hydroxyl groups excluding tert-OH is 1. The van der Waals surface area contributed by atoms with Crippen molar-refractivity contribution in [1.29, 1.82) is 0 Å². The van der Waals surface area contributed by atoms with Crippen LogP contribution < -0.4 is 10.6 Å². The van der Waals surface area contributed by atoms with Crippen LogP contribution in [0.1, 0.15) is 9.68 Å². The van der Waals surface area contributed by atoms with Crippen molar-refractivity contribution in [2.24, 2.45) is 6.98 Å². The predicted molar refractivity (Wildman–Crippen MR) is 85.6 cm³/mol. The van der Waals surface area contributed by atoms with Crippen LogP contribution in [0, 0.1) is 0 Å². The van der Waals surface area contributed by atoms with E-state index in [0.29, 0.717) is 17.9 Å². The van der Waals surface area contributed by atoms with Crippen LogP contribution in [0.2, 0.25) is 0 Å². The molecule has 0 aliphatic heterocycles. The van der Waals surface area contributed by atoms with Gasteiger partial charge in [0.2, 0.25) is 5.95 Å². The summed E-state index contributed by atoms with van der Waals surface area (Å²) in [5, 5.41) is 15.0. The summed E-state index contributed by atoms with van der Waals surface area (Å²) in [6.07, 6.45) is 1.23. The number of benzene rings is 1. The summed E-state index contributed by atoms with van der Waals surface area (Å²) < 4.78 is 23.8. The number of rotatable bonds is 6. The number of hydrogen-bond donors (Lipinski definition) is 3. The Morgan fingerprint density at radius 1 is 1.23 bits per heavy atom. The highest BCUT2D eigenvalue weighted by molar-refractivity contribution is 5.84. The number of anilines is 2. The smallest absolute Gasteiger partial charge is 0.226 e. The van der Waals surface area contributed by atoms with E-state index in [0.717, 1.165) is 10.1 Å². The van der Waals surface area contributed by atoms with E-state index < -0.39 is 6.98 Å². The molecule has 0 radical (unpaired) electrons. The SMILES string of the molecule is [2H]C([2H])([2H])n1cnc2c(NCc3ccccc3)nc(NCCO)nc21. The van der Waals surface area contributed by atoms with Gasteiger partial charge < -0.3 is 20.3 Å². The van der Waals surface area contributed by atoms with Gasteiger partial charge in [-0.3, -0.25) is 0 Å². The van der Waals surface area contributed by atoms with Crippen molar-refractivity contribution >= 4 is 22.9 Å². The average molecular weight is 301 g/mol. The normalized spacial score (nSPS) is 13.4. The fraction of sp³-hybridized carbons (Fsp3) is 0.267. The van der Waals surface area contributed by atoms with E-state index >= 15 is 0 Å². The zero-order valence-corrected chi connectivity index (χ0v) is 11.8. The Balaban J connectivity index is 1.98. The Kier molecular flexibility index (Phi) is 3.19. The second-order valence-corrected chi connectivity index (χ2v) is 4.67. The summed E-state index contributed by atoms with van der Waals surface area (Å²) in [7, 11) is 0. The van der Waals surface area contributed by atoms with E-state index in [9.17, 15) is 0 Å². The standard InChI is InChI=1S/C15H18N6O/c1-21-10-18-12-13(17-9-11-5-3-2-4-6-11)19-15(16-7-8-22)20-14(12)21/h2-6,10,22H,7-9H2,1H3,(H2,16,17,19,20)/i1D3. The fourth-order valence-electron chi connectivity index (χ4n) is 2.05. The van der Waals surface area contributed by atoms with Gasteiger partial charge in [0.25, 0.3) is 0 Å². The lowest BCUT2D eigenvalue weighted by molar-refractivity contribution is 0.311. The van der Waals surface area contributed by atoms with Gasteiger partial charge in [0, 0.05) is 24.2 Å². The van der Waals surface area contributed by atoms with Crippen molar-refractivity contribution in [3.63, 3.8) is 0 Å². The van der Waals surface area contributed by atoms with Gasteiger partial charge in [-0.15, -0.1) is 0 Å². The first-order valence-electron chi connectivity index (χ1n) is 8.37. The predicted octanol–water partition coefficient (Wildman–Crippen LogP) is 1.38. The van der Waals surface area contributed by atoms with Crippen LogP contribution in [0.25, 0.3) is 11.2 Å². The zero-order chi connectivity index (χ0) is 17.9. The van der Waals surface area contributed by atoms with Crippen molar-refractivity contribution in [3.05, 3.63) is 42.2 Å². The van der Waals surface area contributed by atoms with E-state index in [4.69, 9.17) is 9.22 Å². The van der Waals surface area contributed by atoms with Gasteiger partial charge in [0.15, 0.2) is 17.0 Å². The molecule has 0 aliphatic rings. The van der Waals surface area contributed by atoms with Gasteiger partial charge >= 0.3 is 0 Å². The summed E-state index contributed by atoms with van der Waals surface area (Å²) >= 11 is 0. The molecule has 1 aromatic carbocycles. The molecule has 2 heterocycles. The monoisotopic (exact) mass is 301 g/mol. The molecule has 114 valence electrons. The van der Waals surface area contributed by atoms with Crippen molar-refractivity contribution in [1.82, 2.24) is 19.5 Å². The van der Waals surface area contributed by atoms with Gasteiger partial charge in [0.1, 0.15) is 0 Å². The zero-order valence-electron chi connectivity index (χ0n) is 14.8. The molecule has 7 nitrogen and oxygen atoms in total. The molecule has 0 unspecified atom stereocenters. The first-order valence-corrected chi connectivity index (χ1v) is 6.87. The molecule has 2 aromatic heterocycles. The molecule has 0 saturated carbocycles. The first kappa shape index (κ1) is 11.0. The molecule has 0 aliphatic carbocycles. The van der Waals surface area contributed by atoms with Crippen LogP contribution in [-0.2, 0) is 13.5 Å². The largest absolute Gasteiger partial charge is 0.395 e. The molecular weight excluding hydrogens is 280 g/mol. The summed E-state index contributed by atoms with van der Waals surface area (Å²) in [5.41, 5.74) is 1.63. The molecule has 3 N–H and O–H groups in total. The number of hydrogen-bond acceptors (Lipinski definition) is 6. The Morgan fingerprint density at radius 3 is 2.86 bits per heavy atom. The van der Waals surface area contributed by atoms with Gasteiger partial charge in [-0.25, -0.2) is 4.98 Å². The van der Waals surface area contributed by atoms with Crippen LogP contribution in [0.5, 0.6) is 0 Å². The molecule has 0 fully saturated rings. The number of nitrogens with one attached hydrogen (secondary N) is 2. The Bertz CT molecular complexity index is 850. The average Bonchev–Trinajstić information content (AvgIpc) is 3.03. The summed E-state index contributed by atoms with van der Waals surface area (Å²) in [6, 6.07) is 9.74. The number of imidazole rings is 1. The van der Waals surface area contributed by atoms with Gasteiger partial charge in [-0.05, 0) is 5.56 Å². The van der Waals surface area contributed by atoms with E-state index in [1.54, 1.807) is 0 Å². The maximum absolute atomic E-state index is 8.96. The van der Waals surface area contributed by atoms with Crippen LogP contribution in [-0.4, -0.2) is 37.8 Å². The maximum atomic E-state index is 8.96. The van der Waals surface area contributed by atoms with Crippen LogP contribution in [0.3, 0.4) is 0 Å². The van der Waals surface area contributed by atoms with Gasteiger partial charge in [-0.2, -0.15) is 9.97 Å². The topological polar surface area (TPSA) is 87.9 Å². The molecule has 0 saturated heterocycles. The van der Waals surface area contributed by atoms with Crippen molar-refractivity contribution < 1.29 is 9.22 Å². The molecule has 22 heavy (non-hydrogen) atoms. The molecule has 3 rings (SSSR count). The quantitative estimate of drug-likeness (QED) is 0.637. The summed E-state index contributed by atoms with van der Waals surface area (Å²) in [6.45, 7) is -1.72. The first-order chi connectivity index (χ1) is 12.0.